The van der Waals surface area contributed by atoms with Crippen molar-refractivity contribution in [1.82, 2.24) is 15.2 Å². The summed E-state index contributed by atoms with van der Waals surface area (Å²) in [5.74, 6) is 0.550. The predicted octanol–water partition coefficient (Wildman–Crippen LogP) is 2.54. The van der Waals surface area contributed by atoms with Gasteiger partial charge in [0.1, 0.15) is 5.82 Å². The zero-order valence-corrected chi connectivity index (χ0v) is 17.8. The number of pyridine rings is 1. The molecule has 1 unspecified atom stereocenters. The molecule has 7 nitrogen and oxygen atoms in total. The fourth-order valence-corrected chi connectivity index (χ4v) is 4.01. The maximum absolute atomic E-state index is 12.5. The van der Waals surface area contributed by atoms with Crippen molar-refractivity contribution in [3.05, 3.63) is 46.3 Å². The van der Waals surface area contributed by atoms with Gasteiger partial charge in [0.05, 0.1) is 24.8 Å². The van der Waals surface area contributed by atoms with Crippen molar-refractivity contribution in [2.24, 2.45) is 0 Å². The Hall–Kier alpha value is -2.45. The molecule has 0 saturated carbocycles. The Morgan fingerprint density at radius 3 is 2.79 bits per heavy atom. The minimum Gasteiger partial charge on any atom is -0.462 e. The molecule has 1 fully saturated rings. The number of ether oxygens (including phenoxy) is 1. The number of hydrogen-bond acceptors (Lipinski definition) is 7. The number of carbonyl (C=O) groups excluding carboxylic acids is 2. The van der Waals surface area contributed by atoms with Crippen molar-refractivity contribution in [3.8, 4) is 0 Å². The first-order valence-electron chi connectivity index (χ1n) is 10.0. The number of nitrogens with one attached hydrogen (secondary N) is 1. The van der Waals surface area contributed by atoms with Crippen LogP contribution in [0.15, 0.2) is 35.8 Å². The van der Waals surface area contributed by atoms with Gasteiger partial charge in [0, 0.05) is 37.3 Å². The molecule has 1 aliphatic heterocycles. The van der Waals surface area contributed by atoms with E-state index in [4.69, 9.17) is 4.74 Å². The number of thiophene rings is 1. The van der Waals surface area contributed by atoms with E-state index in [0.29, 0.717) is 18.7 Å². The van der Waals surface area contributed by atoms with Crippen molar-refractivity contribution >= 4 is 29.0 Å². The molecule has 2 aromatic heterocycles. The van der Waals surface area contributed by atoms with Crippen LogP contribution in [0.1, 0.15) is 35.5 Å². The van der Waals surface area contributed by atoms with Crippen LogP contribution >= 0.6 is 11.3 Å². The van der Waals surface area contributed by atoms with Crippen LogP contribution in [0.5, 0.6) is 0 Å². The summed E-state index contributed by atoms with van der Waals surface area (Å²) in [5.41, 5.74) is 0.461. The SMILES string of the molecule is CCOC(=O)c1ccc(N2CCCN(C(C)C(=O)NCc3cccs3)CC2)nc1. The van der Waals surface area contributed by atoms with Gasteiger partial charge in [-0.2, -0.15) is 0 Å². The van der Waals surface area contributed by atoms with Gasteiger partial charge < -0.3 is 15.0 Å². The quantitative estimate of drug-likeness (QED) is 0.699. The summed E-state index contributed by atoms with van der Waals surface area (Å²) in [6.07, 6.45) is 2.51. The fourth-order valence-electron chi connectivity index (χ4n) is 3.36. The number of rotatable bonds is 7. The van der Waals surface area contributed by atoms with Crippen LogP contribution in [0.25, 0.3) is 0 Å². The topological polar surface area (TPSA) is 74.8 Å². The molecule has 0 bridgehead atoms. The molecule has 1 atom stereocenters. The number of anilines is 1. The van der Waals surface area contributed by atoms with E-state index in [0.717, 1.165) is 43.3 Å². The first-order valence-corrected chi connectivity index (χ1v) is 10.9. The fraction of sp³-hybridized carbons (Fsp3) is 0.476. The summed E-state index contributed by atoms with van der Waals surface area (Å²) in [6, 6.07) is 7.46. The zero-order valence-electron chi connectivity index (χ0n) is 17.0. The van der Waals surface area contributed by atoms with E-state index >= 15 is 0 Å². The lowest BCUT2D eigenvalue weighted by Crippen LogP contribution is -2.46. The third kappa shape index (κ3) is 5.77. The maximum Gasteiger partial charge on any atom is 0.339 e. The average Bonchev–Trinajstić information content (AvgIpc) is 3.14. The van der Waals surface area contributed by atoms with Gasteiger partial charge in [-0.1, -0.05) is 6.07 Å². The third-order valence-electron chi connectivity index (χ3n) is 5.06. The highest BCUT2D eigenvalue weighted by molar-refractivity contribution is 7.09. The number of aromatic nitrogens is 1. The average molecular weight is 417 g/mol. The molecule has 3 rings (SSSR count). The van der Waals surface area contributed by atoms with Crippen LogP contribution in [0.2, 0.25) is 0 Å². The van der Waals surface area contributed by atoms with E-state index in [9.17, 15) is 9.59 Å². The van der Waals surface area contributed by atoms with Crippen LogP contribution in [0, 0.1) is 0 Å². The summed E-state index contributed by atoms with van der Waals surface area (Å²) in [6.45, 7) is 7.98. The van der Waals surface area contributed by atoms with E-state index < -0.39 is 0 Å². The highest BCUT2D eigenvalue weighted by atomic mass is 32.1. The number of nitrogens with zero attached hydrogens (tertiary/aromatic N) is 3. The summed E-state index contributed by atoms with van der Waals surface area (Å²) in [7, 11) is 0. The predicted molar refractivity (Wildman–Crippen MR) is 114 cm³/mol. The smallest absolute Gasteiger partial charge is 0.339 e. The van der Waals surface area contributed by atoms with Crippen molar-refractivity contribution in [3.63, 3.8) is 0 Å². The summed E-state index contributed by atoms with van der Waals surface area (Å²) in [4.78, 5) is 34.3. The second kappa shape index (κ2) is 10.4. The van der Waals surface area contributed by atoms with E-state index in [1.807, 2.05) is 30.5 Å². The molecule has 0 spiro atoms. The standard InChI is InChI=1S/C21H28N4O3S/c1-3-28-21(27)17-7-8-19(22-14-17)25-10-5-9-24(11-12-25)16(2)20(26)23-15-18-6-4-13-29-18/h4,6-8,13-14,16H,3,5,9-12,15H2,1-2H3,(H,23,26). The molecule has 1 saturated heterocycles. The van der Waals surface area contributed by atoms with Gasteiger partial charge in [-0.25, -0.2) is 9.78 Å². The van der Waals surface area contributed by atoms with Gasteiger partial charge in [0.2, 0.25) is 5.91 Å². The Kier molecular flexibility index (Phi) is 7.60. The van der Waals surface area contributed by atoms with E-state index in [-0.39, 0.29) is 17.9 Å². The molecule has 1 aliphatic rings. The third-order valence-corrected chi connectivity index (χ3v) is 5.93. The lowest BCUT2D eigenvalue weighted by Gasteiger charge is -2.27. The minimum absolute atomic E-state index is 0.0590. The highest BCUT2D eigenvalue weighted by Gasteiger charge is 2.24. The summed E-state index contributed by atoms with van der Waals surface area (Å²) >= 11 is 1.65. The molecule has 1 N–H and O–H groups in total. The van der Waals surface area contributed by atoms with Crippen molar-refractivity contribution < 1.29 is 14.3 Å². The van der Waals surface area contributed by atoms with Crippen LogP contribution < -0.4 is 10.2 Å². The Balaban J connectivity index is 1.52. The normalized spacial score (nSPS) is 16.1. The zero-order chi connectivity index (χ0) is 20.6. The molecular formula is C21H28N4O3S. The van der Waals surface area contributed by atoms with E-state index in [1.165, 1.54) is 0 Å². The number of hydrogen-bond donors (Lipinski definition) is 1. The Morgan fingerprint density at radius 2 is 2.10 bits per heavy atom. The van der Waals surface area contributed by atoms with Gasteiger partial charge in [-0.05, 0) is 43.8 Å². The van der Waals surface area contributed by atoms with Gasteiger partial charge in [0.15, 0.2) is 0 Å². The second-order valence-electron chi connectivity index (χ2n) is 6.98. The number of amides is 1. The van der Waals surface area contributed by atoms with Crippen LogP contribution in [-0.2, 0) is 16.1 Å². The van der Waals surface area contributed by atoms with Crippen molar-refractivity contribution in [2.75, 3.05) is 37.7 Å². The molecule has 8 heteroatoms. The largest absolute Gasteiger partial charge is 0.462 e. The molecule has 156 valence electrons. The lowest BCUT2D eigenvalue weighted by molar-refractivity contribution is -0.126. The summed E-state index contributed by atoms with van der Waals surface area (Å²) in [5, 5.41) is 5.05. The first kappa shape index (κ1) is 21.3. The van der Waals surface area contributed by atoms with Crippen molar-refractivity contribution in [1.29, 1.82) is 0 Å². The minimum atomic E-state index is -0.351. The van der Waals surface area contributed by atoms with Gasteiger partial charge in [0.25, 0.3) is 0 Å². The first-order chi connectivity index (χ1) is 14.1. The molecule has 0 aliphatic carbocycles. The second-order valence-corrected chi connectivity index (χ2v) is 8.01. The molecule has 0 aromatic carbocycles. The van der Waals surface area contributed by atoms with E-state index in [1.54, 1.807) is 30.5 Å². The van der Waals surface area contributed by atoms with Gasteiger partial charge >= 0.3 is 5.97 Å². The Bertz CT molecular complexity index is 795. The molecule has 29 heavy (non-hydrogen) atoms. The number of esters is 1. The van der Waals surface area contributed by atoms with Crippen LogP contribution in [0.3, 0.4) is 0 Å². The highest BCUT2D eigenvalue weighted by Crippen LogP contribution is 2.16. The molecule has 2 aromatic rings. The van der Waals surface area contributed by atoms with Crippen LogP contribution in [-0.4, -0.2) is 60.6 Å². The monoisotopic (exact) mass is 416 g/mol. The summed E-state index contributed by atoms with van der Waals surface area (Å²) < 4.78 is 5.00. The number of carbonyl (C=O) groups is 2. The Labute approximate surface area is 175 Å². The lowest BCUT2D eigenvalue weighted by atomic mass is 10.2. The van der Waals surface area contributed by atoms with Gasteiger partial charge in [-0.15, -0.1) is 11.3 Å². The molecule has 3 heterocycles. The Morgan fingerprint density at radius 1 is 1.24 bits per heavy atom. The van der Waals surface area contributed by atoms with Crippen molar-refractivity contribution in [2.45, 2.75) is 32.9 Å². The van der Waals surface area contributed by atoms with Crippen LogP contribution in [0.4, 0.5) is 5.82 Å². The molecule has 1 amide bonds. The van der Waals surface area contributed by atoms with E-state index in [2.05, 4.69) is 20.1 Å². The molecule has 0 radical (unpaired) electrons. The molecular weight excluding hydrogens is 388 g/mol. The van der Waals surface area contributed by atoms with Gasteiger partial charge in [-0.3, -0.25) is 9.69 Å². The maximum atomic E-state index is 12.5.